The fraction of sp³-hybridized carbons (Fsp3) is 0.381. The highest BCUT2D eigenvalue weighted by molar-refractivity contribution is 7.99. The van der Waals surface area contributed by atoms with Crippen LogP contribution in [0.3, 0.4) is 0 Å². The summed E-state index contributed by atoms with van der Waals surface area (Å²) in [6.07, 6.45) is 0. The van der Waals surface area contributed by atoms with Crippen molar-refractivity contribution in [2.75, 3.05) is 35.2 Å². The van der Waals surface area contributed by atoms with Gasteiger partial charge in [-0.3, -0.25) is 4.79 Å². The molecule has 0 aliphatic carbocycles. The van der Waals surface area contributed by atoms with Crippen molar-refractivity contribution >= 4 is 35.1 Å². The number of hydrogen-bond acceptors (Lipinski definition) is 4. The Morgan fingerprint density at radius 3 is 2.38 bits per heavy atom. The number of carbonyl (C=O) groups is 1. The van der Waals surface area contributed by atoms with Gasteiger partial charge in [0.2, 0.25) is 5.91 Å². The molecule has 1 amide bonds. The molecule has 0 atom stereocenters. The molecule has 26 heavy (non-hydrogen) atoms. The number of benzene rings is 2. The van der Waals surface area contributed by atoms with Gasteiger partial charge in [0, 0.05) is 42.6 Å². The number of aryl methyl sites for hydroxylation is 1. The zero-order valence-corrected chi connectivity index (χ0v) is 16.9. The lowest BCUT2D eigenvalue weighted by Gasteiger charge is -2.28. The second kappa shape index (κ2) is 9.93. The van der Waals surface area contributed by atoms with E-state index in [0.717, 1.165) is 24.4 Å². The molecule has 0 unspecified atom stereocenters. The van der Waals surface area contributed by atoms with Crippen LogP contribution in [0.25, 0.3) is 0 Å². The van der Waals surface area contributed by atoms with Crippen LogP contribution in [0.4, 0.5) is 5.69 Å². The first-order valence-corrected chi connectivity index (χ1v) is 11.3. The maximum Gasteiger partial charge on any atom is 0.230 e. The van der Waals surface area contributed by atoms with Crippen molar-refractivity contribution in [3.63, 3.8) is 0 Å². The molecule has 2 aromatic carbocycles. The molecule has 1 heterocycles. The van der Waals surface area contributed by atoms with Crippen LogP contribution in [0.15, 0.2) is 48.5 Å². The number of nitrogens with one attached hydrogen (secondary N) is 1. The Morgan fingerprint density at radius 2 is 1.69 bits per heavy atom. The largest absolute Gasteiger partial charge is 0.370 e. The number of thioether (sulfide) groups is 2. The summed E-state index contributed by atoms with van der Waals surface area (Å²) in [5.74, 6) is 3.88. The molecule has 0 spiro atoms. The van der Waals surface area contributed by atoms with Gasteiger partial charge in [0.05, 0.1) is 5.75 Å². The molecule has 138 valence electrons. The van der Waals surface area contributed by atoms with Gasteiger partial charge in [-0.05, 0) is 30.2 Å². The standard InChI is InChI=1S/C21H26N2OS2/c1-17-2-4-19(5-3-17)15-26-16-21(24)22-14-18-6-8-20(9-7-18)23-10-12-25-13-11-23/h2-9H,10-16H2,1H3,(H,22,24). The highest BCUT2D eigenvalue weighted by Gasteiger charge is 2.10. The summed E-state index contributed by atoms with van der Waals surface area (Å²) in [5.41, 5.74) is 4.97. The topological polar surface area (TPSA) is 32.3 Å². The monoisotopic (exact) mass is 386 g/mol. The summed E-state index contributed by atoms with van der Waals surface area (Å²) < 4.78 is 0. The van der Waals surface area contributed by atoms with E-state index in [-0.39, 0.29) is 5.91 Å². The summed E-state index contributed by atoms with van der Waals surface area (Å²) >= 11 is 3.68. The number of rotatable bonds is 7. The zero-order valence-electron chi connectivity index (χ0n) is 15.2. The van der Waals surface area contributed by atoms with Gasteiger partial charge < -0.3 is 10.2 Å². The van der Waals surface area contributed by atoms with E-state index in [1.165, 1.54) is 28.3 Å². The summed E-state index contributed by atoms with van der Waals surface area (Å²) in [5, 5.41) is 3.02. The Balaban J connectivity index is 1.37. The number of carbonyl (C=O) groups excluding carboxylic acids is 1. The maximum atomic E-state index is 12.0. The average molecular weight is 387 g/mol. The average Bonchev–Trinajstić information content (AvgIpc) is 2.69. The quantitative estimate of drug-likeness (QED) is 0.777. The van der Waals surface area contributed by atoms with Crippen LogP contribution in [-0.2, 0) is 17.1 Å². The Kier molecular flexibility index (Phi) is 7.32. The lowest BCUT2D eigenvalue weighted by Crippen LogP contribution is -2.32. The fourth-order valence-electron chi connectivity index (χ4n) is 2.84. The summed E-state index contributed by atoms with van der Waals surface area (Å²) in [6, 6.07) is 17.1. The molecule has 2 aromatic rings. The lowest BCUT2D eigenvalue weighted by molar-refractivity contribution is -0.118. The van der Waals surface area contributed by atoms with E-state index < -0.39 is 0 Å². The highest BCUT2D eigenvalue weighted by atomic mass is 32.2. The van der Waals surface area contributed by atoms with Gasteiger partial charge in [-0.15, -0.1) is 11.8 Å². The third-order valence-corrected chi connectivity index (χ3v) is 6.37. The molecule has 0 radical (unpaired) electrons. The molecule has 5 heteroatoms. The molecule has 1 aliphatic rings. The molecule has 1 saturated heterocycles. The van der Waals surface area contributed by atoms with Crippen LogP contribution in [0.5, 0.6) is 0 Å². The van der Waals surface area contributed by atoms with Crippen molar-refractivity contribution in [3.8, 4) is 0 Å². The van der Waals surface area contributed by atoms with E-state index in [4.69, 9.17) is 0 Å². The molecule has 0 bridgehead atoms. The van der Waals surface area contributed by atoms with Crippen LogP contribution in [0, 0.1) is 6.92 Å². The third-order valence-electron chi connectivity index (χ3n) is 4.42. The van der Waals surface area contributed by atoms with Crippen molar-refractivity contribution in [1.82, 2.24) is 5.32 Å². The summed E-state index contributed by atoms with van der Waals surface area (Å²) in [6.45, 7) is 4.93. The number of anilines is 1. The molecule has 3 rings (SSSR count). The number of hydrogen-bond donors (Lipinski definition) is 1. The van der Waals surface area contributed by atoms with E-state index in [0.29, 0.717) is 12.3 Å². The predicted octanol–water partition coefficient (Wildman–Crippen LogP) is 4.10. The van der Waals surface area contributed by atoms with Crippen LogP contribution in [0.1, 0.15) is 16.7 Å². The predicted molar refractivity (Wildman–Crippen MR) is 115 cm³/mol. The first-order chi connectivity index (χ1) is 12.7. The lowest BCUT2D eigenvalue weighted by atomic mass is 10.2. The smallest absolute Gasteiger partial charge is 0.230 e. The summed E-state index contributed by atoms with van der Waals surface area (Å²) in [7, 11) is 0. The molecule has 0 aromatic heterocycles. The summed E-state index contributed by atoms with van der Waals surface area (Å²) in [4.78, 5) is 14.5. The highest BCUT2D eigenvalue weighted by Crippen LogP contribution is 2.20. The van der Waals surface area contributed by atoms with Crippen molar-refractivity contribution in [2.24, 2.45) is 0 Å². The van der Waals surface area contributed by atoms with Gasteiger partial charge in [0.25, 0.3) is 0 Å². The minimum atomic E-state index is 0.0965. The fourth-order valence-corrected chi connectivity index (χ4v) is 4.56. The first kappa shape index (κ1) is 19.2. The van der Waals surface area contributed by atoms with Crippen molar-refractivity contribution < 1.29 is 4.79 Å². The van der Waals surface area contributed by atoms with E-state index in [1.807, 2.05) is 11.8 Å². The van der Waals surface area contributed by atoms with Crippen LogP contribution in [0.2, 0.25) is 0 Å². The molecule has 1 N–H and O–H groups in total. The Morgan fingerprint density at radius 1 is 1.04 bits per heavy atom. The SMILES string of the molecule is Cc1ccc(CSCC(=O)NCc2ccc(N3CCSCC3)cc2)cc1. The minimum Gasteiger partial charge on any atom is -0.370 e. The zero-order chi connectivity index (χ0) is 18.2. The second-order valence-corrected chi connectivity index (χ2v) is 8.73. The van der Waals surface area contributed by atoms with E-state index in [9.17, 15) is 4.79 Å². The first-order valence-electron chi connectivity index (χ1n) is 9.02. The molecule has 0 saturated carbocycles. The second-order valence-electron chi connectivity index (χ2n) is 6.52. The van der Waals surface area contributed by atoms with Crippen molar-refractivity contribution in [2.45, 2.75) is 19.2 Å². The molecule has 1 aliphatic heterocycles. The van der Waals surface area contributed by atoms with Gasteiger partial charge >= 0.3 is 0 Å². The van der Waals surface area contributed by atoms with E-state index >= 15 is 0 Å². The van der Waals surface area contributed by atoms with Gasteiger partial charge in [-0.25, -0.2) is 0 Å². The molecule has 3 nitrogen and oxygen atoms in total. The van der Waals surface area contributed by atoms with Crippen LogP contribution < -0.4 is 10.2 Å². The minimum absolute atomic E-state index is 0.0965. The number of amides is 1. The molecular formula is C21H26N2OS2. The van der Waals surface area contributed by atoms with E-state index in [1.54, 1.807) is 11.8 Å². The van der Waals surface area contributed by atoms with Gasteiger partial charge in [-0.1, -0.05) is 42.0 Å². The molecular weight excluding hydrogens is 360 g/mol. The van der Waals surface area contributed by atoms with Gasteiger partial charge in [-0.2, -0.15) is 11.8 Å². The van der Waals surface area contributed by atoms with Gasteiger partial charge in [0.15, 0.2) is 0 Å². The van der Waals surface area contributed by atoms with E-state index in [2.05, 4.69) is 65.7 Å². The normalized spacial score (nSPS) is 14.3. The van der Waals surface area contributed by atoms with Crippen molar-refractivity contribution in [3.05, 3.63) is 65.2 Å². The maximum absolute atomic E-state index is 12.0. The molecule has 1 fully saturated rings. The Bertz CT molecular complexity index is 695. The van der Waals surface area contributed by atoms with Crippen molar-refractivity contribution in [1.29, 1.82) is 0 Å². The Labute approximate surface area is 164 Å². The Hall–Kier alpha value is -1.59. The third kappa shape index (κ3) is 5.99. The van der Waals surface area contributed by atoms with Crippen LogP contribution >= 0.6 is 23.5 Å². The van der Waals surface area contributed by atoms with Gasteiger partial charge in [0.1, 0.15) is 0 Å². The van der Waals surface area contributed by atoms with Crippen LogP contribution in [-0.4, -0.2) is 36.3 Å². The number of nitrogens with zero attached hydrogens (tertiary/aromatic N) is 1.